The molecule has 0 bridgehead atoms. The smallest absolute Gasteiger partial charge is 0.350 e. The maximum absolute atomic E-state index is 12.2. The van der Waals surface area contributed by atoms with Gasteiger partial charge in [-0.2, -0.15) is 0 Å². The second kappa shape index (κ2) is 5.17. The summed E-state index contributed by atoms with van der Waals surface area (Å²) in [5, 5.41) is 4.28. The van der Waals surface area contributed by atoms with Gasteiger partial charge < -0.3 is 4.74 Å². The molecular weight excluding hydrogens is 290 g/mol. The van der Waals surface area contributed by atoms with Crippen molar-refractivity contribution in [3.05, 3.63) is 56.3 Å². The van der Waals surface area contributed by atoms with Crippen molar-refractivity contribution in [2.45, 2.75) is 13.5 Å². The van der Waals surface area contributed by atoms with Gasteiger partial charge in [-0.3, -0.25) is 4.40 Å². The number of hydrogen-bond acceptors (Lipinski definition) is 5. The van der Waals surface area contributed by atoms with E-state index in [0.29, 0.717) is 17.1 Å². The summed E-state index contributed by atoms with van der Waals surface area (Å²) in [6, 6.07) is 7.14. The van der Waals surface area contributed by atoms with Gasteiger partial charge in [-0.15, -0.1) is 16.4 Å². The molecule has 3 heterocycles. The topological polar surface area (TPSA) is 65.6 Å². The molecular formula is C14H13N3O3S. The standard InChI is InChI=1S/C14H13N3O3S/c1-9-10(7-11(21-9)13(18)20-2)8-17-14(19)16-6-4-3-5-12(16)15-17/h3-7H,8H2,1-2H3. The van der Waals surface area contributed by atoms with E-state index in [0.717, 1.165) is 10.4 Å². The van der Waals surface area contributed by atoms with E-state index in [1.807, 2.05) is 13.0 Å². The van der Waals surface area contributed by atoms with Crippen LogP contribution >= 0.6 is 11.3 Å². The number of fused-ring (bicyclic) bond motifs is 1. The highest BCUT2D eigenvalue weighted by atomic mass is 32.1. The number of methoxy groups -OCH3 is 1. The lowest BCUT2D eigenvalue weighted by molar-refractivity contribution is 0.0606. The van der Waals surface area contributed by atoms with E-state index >= 15 is 0 Å². The molecule has 0 unspecified atom stereocenters. The van der Waals surface area contributed by atoms with Crippen LogP contribution in [-0.2, 0) is 11.3 Å². The molecule has 7 heteroatoms. The lowest BCUT2D eigenvalue weighted by atomic mass is 10.2. The zero-order chi connectivity index (χ0) is 15.0. The Labute approximate surface area is 124 Å². The molecule has 0 radical (unpaired) electrons. The molecule has 3 aromatic heterocycles. The number of esters is 1. The molecule has 21 heavy (non-hydrogen) atoms. The molecule has 0 aliphatic rings. The van der Waals surface area contributed by atoms with Gasteiger partial charge in [0.2, 0.25) is 0 Å². The number of aromatic nitrogens is 3. The first kappa shape index (κ1) is 13.6. The molecule has 0 N–H and O–H groups in total. The molecule has 0 fully saturated rings. The number of carbonyl (C=O) groups is 1. The number of rotatable bonds is 3. The van der Waals surface area contributed by atoms with E-state index in [1.165, 1.54) is 27.5 Å². The summed E-state index contributed by atoms with van der Waals surface area (Å²) in [5.74, 6) is -0.364. The van der Waals surface area contributed by atoms with E-state index < -0.39 is 0 Å². The average Bonchev–Trinajstić information content (AvgIpc) is 3.01. The van der Waals surface area contributed by atoms with E-state index in [4.69, 9.17) is 4.74 Å². The predicted molar refractivity (Wildman–Crippen MR) is 78.9 cm³/mol. The Morgan fingerprint density at radius 2 is 2.24 bits per heavy atom. The van der Waals surface area contributed by atoms with Crippen molar-refractivity contribution in [1.29, 1.82) is 0 Å². The Hall–Kier alpha value is -2.41. The van der Waals surface area contributed by atoms with Crippen molar-refractivity contribution in [3.8, 4) is 0 Å². The Balaban J connectivity index is 1.99. The number of pyridine rings is 1. The SMILES string of the molecule is COC(=O)c1cc(Cn2nc3ccccn3c2=O)c(C)s1. The fraction of sp³-hybridized carbons (Fsp3) is 0.214. The molecule has 0 aliphatic carbocycles. The third-order valence-corrected chi connectivity index (χ3v) is 4.29. The van der Waals surface area contributed by atoms with Crippen molar-refractivity contribution in [2.24, 2.45) is 0 Å². The van der Waals surface area contributed by atoms with Crippen LogP contribution in [0.4, 0.5) is 0 Å². The van der Waals surface area contributed by atoms with E-state index in [2.05, 4.69) is 5.10 Å². The molecule has 0 amide bonds. The maximum Gasteiger partial charge on any atom is 0.350 e. The minimum absolute atomic E-state index is 0.198. The van der Waals surface area contributed by atoms with Crippen LogP contribution in [0.3, 0.4) is 0 Å². The quantitative estimate of drug-likeness (QED) is 0.691. The van der Waals surface area contributed by atoms with E-state index in [9.17, 15) is 9.59 Å². The van der Waals surface area contributed by atoms with Crippen LogP contribution in [0.2, 0.25) is 0 Å². The van der Waals surface area contributed by atoms with Crippen LogP contribution in [0.1, 0.15) is 20.1 Å². The Kier molecular flexibility index (Phi) is 3.34. The summed E-state index contributed by atoms with van der Waals surface area (Å²) in [6.07, 6.45) is 1.68. The minimum atomic E-state index is -0.364. The third kappa shape index (κ3) is 2.36. The number of aryl methyl sites for hydroxylation is 1. The first-order valence-corrected chi connectivity index (χ1v) is 7.13. The van der Waals surface area contributed by atoms with E-state index in [-0.39, 0.29) is 11.7 Å². The monoisotopic (exact) mass is 303 g/mol. The van der Waals surface area contributed by atoms with Crippen LogP contribution in [-0.4, -0.2) is 27.3 Å². The average molecular weight is 303 g/mol. The van der Waals surface area contributed by atoms with Crippen LogP contribution in [0, 0.1) is 6.92 Å². The fourth-order valence-corrected chi connectivity index (χ4v) is 3.06. The summed E-state index contributed by atoms with van der Waals surface area (Å²) in [4.78, 5) is 25.3. The summed E-state index contributed by atoms with van der Waals surface area (Å²) in [6.45, 7) is 2.24. The van der Waals surface area contributed by atoms with Gasteiger partial charge in [0.1, 0.15) is 4.88 Å². The first-order valence-electron chi connectivity index (χ1n) is 6.32. The maximum atomic E-state index is 12.2. The Bertz CT molecular complexity index is 875. The summed E-state index contributed by atoms with van der Waals surface area (Å²) >= 11 is 1.35. The van der Waals surface area contributed by atoms with Gasteiger partial charge in [0.25, 0.3) is 0 Å². The van der Waals surface area contributed by atoms with Gasteiger partial charge >= 0.3 is 11.7 Å². The molecule has 0 aromatic carbocycles. The highest BCUT2D eigenvalue weighted by Crippen LogP contribution is 2.22. The van der Waals surface area contributed by atoms with Gasteiger partial charge in [0.05, 0.1) is 13.7 Å². The number of thiophene rings is 1. The van der Waals surface area contributed by atoms with Crippen LogP contribution < -0.4 is 5.69 Å². The van der Waals surface area contributed by atoms with Crippen molar-refractivity contribution >= 4 is 23.0 Å². The van der Waals surface area contributed by atoms with Crippen molar-refractivity contribution < 1.29 is 9.53 Å². The molecule has 6 nitrogen and oxygen atoms in total. The number of carbonyl (C=O) groups excluding carboxylic acids is 1. The normalized spacial score (nSPS) is 11.0. The largest absolute Gasteiger partial charge is 0.465 e. The van der Waals surface area contributed by atoms with Gasteiger partial charge in [0, 0.05) is 11.1 Å². The first-order chi connectivity index (χ1) is 10.1. The molecule has 0 spiro atoms. The molecule has 0 aliphatic heterocycles. The van der Waals surface area contributed by atoms with Gasteiger partial charge in [-0.1, -0.05) is 6.07 Å². The number of nitrogens with zero attached hydrogens (tertiary/aromatic N) is 3. The zero-order valence-corrected chi connectivity index (χ0v) is 12.4. The lowest BCUT2D eigenvalue weighted by Crippen LogP contribution is -2.21. The van der Waals surface area contributed by atoms with Gasteiger partial charge in [-0.05, 0) is 30.7 Å². The highest BCUT2D eigenvalue weighted by molar-refractivity contribution is 7.14. The second-order valence-corrected chi connectivity index (χ2v) is 5.81. The number of hydrogen-bond donors (Lipinski definition) is 0. The zero-order valence-electron chi connectivity index (χ0n) is 11.6. The summed E-state index contributed by atoms with van der Waals surface area (Å²) in [7, 11) is 1.35. The highest BCUT2D eigenvalue weighted by Gasteiger charge is 2.14. The van der Waals surface area contributed by atoms with Gasteiger partial charge in [0.15, 0.2) is 5.65 Å². The van der Waals surface area contributed by atoms with Crippen LogP contribution in [0.15, 0.2) is 35.3 Å². The van der Waals surface area contributed by atoms with Crippen molar-refractivity contribution in [1.82, 2.24) is 14.2 Å². The predicted octanol–water partition coefficient (Wildman–Crippen LogP) is 1.70. The molecule has 0 atom stereocenters. The lowest BCUT2D eigenvalue weighted by Gasteiger charge is -1.97. The molecule has 3 rings (SSSR count). The Morgan fingerprint density at radius 1 is 1.43 bits per heavy atom. The van der Waals surface area contributed by atoms with Crippen molar-refractivity contribution in [2.75, 3.05) is 7.11 Å². The second-order valence-electron chi connectivity index (χ2n) is 4.55. The summed E-state index contributed by atoms with van der Waals surface area (Å²) < 4.78 is 7.59. The van der Waals surface area contributed by atoms with Crippen LogP contribution in [0.5, 0.6) is 0 Å². The third-order valence-electron chi connectivity index (χ3n) is 3.22. The molecule has 108 valence electrons. The fourth-order valence-electron chi connectivity index (χ4n) is 2.11. The molecule has 0 saturated carbocycles. The Morgan fingerprint density at radius 3 is 2.95 bits per heavy atom. The molecule has 0 saturated heterocycles. The van der Waals surface area contributed by atoms with Gasteiger partial charge in [-0.25, -0.2) is 14.3 Å². The number of ether oxygens (including phenoxy) is 1. The van der Waals surface area contributed by atoms with E-state index in [1.54, 1.807) is 24.4 Å². The minimum Gasteiger partial charge on any atom is -0.465 e. The van der Waals surface area contributed by atoms with Crippen LogP contribution in [0.25, 0.3) is 5.65 Å². The van der Waals surface area contributed by atoms with Crippen molar-refractivity contribution in [3.63, 3.8) is 0 Å². The molecule has 3 aromatic rings. The summed E-state index contributed by atoms with van der Waals surface area (Å²) in [5.41, 5.74) is 1.30.